The Morgan fingerprint density at radius 2 is 1.67 bits per heavy atom. The summed E-state index contributed by atoms with van der Waals surface area (Å²) < 4.78 is 3.37. The van der Waals surface area contributed by atoms with Gasteiger partial charge in [-0.05, 0) is 35.9 Å². The van der Waals surface area contributed by atoms with Gasteiger partial charge in [0.2, 0.25) is 0 Å². The second-order valence-electron chi connectivity index (χ2n) is 7.50. The molecule has 2 aromatic carbocycles. The minimum Gasteiger partial charge on any atom is -0.390 e. The molecular weight excluding hydrogens is 424 g/mol. The molecule has 0 aliphatic carbocycles. The van der Waals surface area contributed by atoms with Crippen LogP contribution in [0.5, 0.6) is 0 Å². The molecule has 1 N–H and O–H groups in total. The lowest BCUT2D eigenvalue weighted by Gasteiger charge is -2.06. The van der Waals surface area contributed by atoms with Crippen LogP contribution in [0.2, 0.25) is 0 Å². The number of rotatable bonds is 7. The highest BCUT2D eigenvalue weighted by molar-refractivity contribution is 5.79. The lowest BCUT2D eigenvalue weighted by atomic mass is 10.1. The number of hydrogen-bond acceptors (Lipinski definition) is 8. The molecule has 0 spiro atoms. The third kappa shape index (κ3) is 4.43. The van der Waals surface area contributed by atoms with Gasteiger partial charge in [0.05, 0.1) is 48.2 Å². The van der Waals surface area contributed by atoms with Crippen molar-refractivity contribution in [3.05, 3.63) is 94.1 Å². The van der Waals surface area contributed by atoms with Gasteiger partial charge in [0.25, 0.3) is 5.69 Å². The molecule has 0 atom stereocenters. The van der Waals surface area contributed by atoms with Crippen molar-refractivity contribution in [1.29, 1.82) is 0 Å². The largest absolute Gasteiger partial charge is 0.390 e. The number of aliphatic hydroxyl groups excluding tert-OH is 1. The first-order valence-electron chi connectivity index (χ1n) is 10.1. The Morgan fingerprint density at radius 1 is 0.879 bits per heavy atom. The van der Waals surface area contributed by atoms with Crippen LogP contribution in [0.1, 0.15) is 17.0 Å². The summed E-state index contributed by atoms with van der Waals surface area (Å²) in [5, 5.41) is 37.1. The molecule has 0 fully saturated rings. The fourth-order valence-electron chi connectivity index (χ4n) is 3.51. The zero-order valence-corrected chi connectivity index (χ0v) is 17.3. The van der Waals surface area contributed by atoms with E-state index in [2.05, 4.69) is 31.7 Å². The minimum absolute atomic E-state index is 0.0373. The molecular formula is C22H18N8O3. The standard InChI is InChI=1S/C22H18N8O3/c31-14-19-12-29(26-24-19)11-18-5-2-17-9-15(1-8-21(17)23-18)10-28-13-22(25-27-28)16-3-6-20(7-4-16)30(32)33/h1-9,12-13,31H,10-11,14H2. The van der Waals surface area contributed by atoms with Crippen molar-refractivity contribution in [2.24, 2.45) is 0 Å². The highest BCUT2D eigenvalue weighted by atomic mass is 16.6. The van der Waals surface area contributed by atoms with Crippen molar-refractivity contribution in [1.82, 2.24) is 35.0 Å². The molecule has 0 radical (unpaired) electrons. The number of non-ortho nitro benzene ring substituents is 1. The SMILES string of the molecule is O=[N+]([O-])c1ccc(-c2cn(Cc3ccc4nc(Cn5cc(CO)nn5)ccc4c3)nn2)cc1. The van der Waals surface area contributed by atoms with Crippen molar-refractivity contribution >= 4 is 16.6 Å². The number of benzene rings is 2. The molecule has 33 heavy (non-hydrogen) atoms. The van der Waals surface area contributed by atoms with Crippen LogP contribution in [0.4, 0.5) is 5.69 Å². The number of pyridine rings is 1. The van der Waals surface area contributed by atoms with Crippen LogP contribution in [-0.2, 0) is 19.7 Å². The van der Waals surface area contributed by atoms with Crippen molar-refractivity contribution < 1.29 is 10.0 Å². The average molecular weight is 442 g/mol. The number of hydrogen-bond donors (Lipinski definition) is 1. The summed E-state index contributed by atoms with van der Waals surface area (Å²) in [6.45, 7) is 0.852. The summed E-state index contributed by atoms with van der Waals surface area (Å²) in [6.07, 6.45) is 3.50. The van der Waals surface area contributed by atoms with Crippen LogP contribution < -0.4 is 0 Å². The normalized spacial score (nSPS) is 11.2. The molecule has 0 saturated heterocycles. The van der Waals surface area contributed by atoms with Gasteiger partial charge in [-0.15, -0.1) is 10.2 Å². The Balaban J connectivity index is 1.30. The summed E-state index contributed by atoms with van der Waals surface area (Å²) in [5.74, 6) is 0. The quantitative estimate of drug-likeness (QED) is 0.300. The second kappa shape index (κ2) is 8.55. The molecule has 164 valence electrons. The monoisotopic (exact) mass is 442 g/mol. The van der Waals surface area contributed by atoms with Gasteiger partial charge in [-0.3, -0.25) is 15.1 Å². The third-order valence-electron chi connectivity index (χ3n) is 5.14. The minimum atomic E-state index is -0.431. The van der Waals surface area contributed by atoms with Crippen LogP contribution in [0.3, 0.4) is 0 Å². The predicted molar refractivity (Wildman–Crippen MR) is 118 cm³/mol. The van der Waals surface area contributed by atoms with Crippen molar-refractivity contribution in [2.75, 3.05) is 0 Å². The molecule has 5 aromatic rings. The summed E-state index contributed by atoms with van der Waals surface area (Å²) in [6, 6.07) is 16.2. The Labute approximate surface area is 187 Å². The topological polar surface area (TPSA) is 138 Å². The number of fused-ring (bicyclic) bond motifs is 1. The fourth-order valence-corrected chi connectivity index (χ4v) is 3.51. The first-order chi connectivity index (χ1) is 16.1. The van der Waals surface area contributed by atoms with E-state index < -0.39 is 4.92 Å². The van der Waals surface area contributed by atoms with E-state index >= 15 is 0 Å². The molecule has 0 amide bonds. The number of aliphatic hydroxyl groups is 1. The van der Waals surface area contributed by atoms with Crippen LogP contribution in [0.15, 0.2) is 67.0 Å². The Hall–Kier alpha value is -4.51. The Kier molecular flexibility index (Phi) is 5.29. The molecule has 0 aliphatic rings. The second-order valence-corrected chi connectivity index (χ2v) is 7.50. The number of nitro groups is 1. The molecule has 0 aliphatic heterocycles. The van der Waals surface area contributed by atoms with Gasteiger partial charge >= 0.3 is 0 Å². The molecule has 11 heteroatoms. The maximum atomic E-state index is 10.8. The summed E-state index contributed by atoms with van der Waals surface area (Å²) in [4.78, 5) is 15.1. The van der Waals surface area contributed by atoms with Crippen molar-refractivity contribution in [3.63, 3.8) is 0 Å². The maximum absolute atomic E-state index is 10.8. The molecule has 0 bridgehead atoms. The highest BCUT2D eigenvalue weighted by Gasteiger charge is 2.09. The Morgan fingerprint density at radius 3 is 2.42 bits per heavy atom. The molecule has 3 heterocycles. The van der Waals surface area contributed by atoms with Crippen LogP contribution in [0, 0.1) is 10.1 Å². The molecule has 11 nitrogen and oxygen atoms in total. The van der Waals surface area contributed by atoms with E-state index in [-0.39, 0.29) is 12.3 Å². The zero-order chi connectivity index (χ0) is 22.8. The summed E-state index contributed by atoms with van der Waals surface area (Å²) in [7, 11) is 0. The van der Waals surface area contributed by atoms with E-state index in [1.165, 1.54) is 12.1 Å². The molecule has 0 saturated carbocycles. The summed E-state index contributed by atoms with van der Waals surface area (Å²) in [5.41, 5.74) is 4.72. The van der Waals surface area contributed by atoms with Gasteiger partial charge in [0, 0.05) is 23.1 Å². The van der Waals surface area contributed by atoms with Crippen LogP contribution in [-0.4, -0.2) is 45.0 Å². The van der Waals surface area contributed by atoms with E-state index in [0.29, 0.717) is 24.5 Å². The maximum Gasteiger partial charge on any atom is 0.269 e. The van der Waals surface area contributed by atoms with Gasteiger partial charge in [0.15, 0.2) is 0 Å². The number of nitrogens with zero attached hydrogens (tertiary/aromatic N) is 8. The van der Waals surface area contributed by atoms with Gasteiger partial charge in [-0.1, -0.05) is 22.6 Å². The van der Waals surface area contributed by atoms with Gasteiger partial charge in [0.1, 0.15) is 11.4 Å². The summed E-state index contributed by atoms with van der Waals surface area (Å²) >= 11 is 0. The third-order valence-corrected chi connectivity index (χ3v) is 5.14. The Bertz CT molecular complexity index is 1440. The van der Waals surface area contributed by atoms with E-state index in [0.717, 1.165) is 27.7 Å². The highest BCUT2D eigenvalue weighted by Crippen LogP contribution is 2.21. The number of aromatic nitrogens is 7. The van der Waals surface area contributed by atoms with Crippen LogP contribution >= 0.6 is 0 Å². The molecule has 0 unspecified atom stereocenters. The average Bonchev–Trinajstić information content (AvgIpc) is 3.49. The van der Waals surface area contributed by atoms with E-state index in [9.17, 15) is 10.1 Å². The van der Waals surface area contributed by atoms with Crippen LogP contribution in [0.25, 0.3) is 22.2 Å². The number of nitro benzene ring substituents is 1. The van der Waals surface area contributed by atoms with E-state index in [4.69, 9.17) is 5.11 Å². The first-order valence-corrected chi connectivity index (χ1v) is 10.1. The van der Waals surface area contributed by atoms with Gasteiger partial charge in [-0.2, -0.15) is 0 Å². The lowest BCUT2D eigenvalue weighted by Crippen LogP contribution is -2.03. The van der Waals surface area contributed by atoms with Crippen molar-refractivity contribution in [3.8, 4) is 11.3 Å². The fraction of sp³-hybridized carbons (Fsp3) is 0.136. The van der Waals surface area contributed by atoms with Gasteiger partial charge < -0.3 is 5.11 Å². The van der Waals surface area contributed by atoms with E-state index in [1.54, 1.807) is 27.7 Å². The van der Waals surface area contributed by atoms with Crippen molar-refractivity contribution in [2.45, 2.75) is 19.7 Å². The lowest BCUT2D eigenvalue weighted by molar-refractivity contribution is -0.384. The smallest absolute Gasteiger partial charge is 0.269 e. The zero-order valence-electron chi connectivity index (χ0n) is 17.3. The molecule has 3 aromatic heterocycles. The van der Waals surface area contributed by atoms with E-state index in [1.807, 2.05) is 30.5 Å². The molecule has 5 rings (SSSR count). The predicted octanol–water partition coefficient (Wildman–Crippen LogP) is 2.58. The first kappa shape index (κ1) is 20.4. The van der Waals surface area contributed by atoms with Gasteiger partial charge in [-0.25, -0.2) is 9.36 Å².